The van der Waals surface area contributed by atoms with Crippen molar-refractivity contribution in [3.05, 3.63) is 29.3 Å². The van der Waals surface area contributed by atoms with Crippen molar-refractivity contribution in [3.63, 3.8) is 0 Å². The minimum absolute atomic E-state index is 0.132. The molecule has 1 amide bonds. The van der Waals surface area contributed by atoms with Crippen LogP contribution in [-0.2, 0) is 4.79 Å². The third kappa shape index (κ3) is 4.58. The average molecular weight is 274 g/mol. The summed E-state index contributed by atoms with van der Waals surface area (Å²) >= 11 is 0. The molecule has 0 spiro atoms. The first-order valence-corrected chi connectivity index (χ1v) is 6.95. The minimum atomic E-state index is -0.582. The number of amides is 1. The quantitative estimate of drug-likeness (QED) is 0.867. The molecule has 0 aliphatic heterocycles. The number of carbonyl (C=O) groups excluding carboxylic acids is 1. The molecule has 20 heavy (non-hydrogen) atoms. The van der Waals surface area contributed by atoms with Gasteiger partial charge in [-0.15, -0.1) is 0 Å². The van der Waals surface area contributed by atoms with Crippen LogP contribution in [0.2, 0.25) is 0 Å². The second-order valence-electron chi connectivity index (χ2n) is 5.05. The maximum Gasteiger partial charge on any atom is 0.260 e. The van der Waals surface area contributed by atoms with Gasteiger partial charge in [-0.05, 0) is 44.9 Å². The van der Waals surface area contributed by atoms with Crippen LogP contribution in [0.25, 0.3) is 0 Å². The van der Waals surface area contributed by atoms with Crippen LogP contribution < -0.4 is 10.1 Å². The molecule has 0 aromatic heterocycles. The number of hydrogen-bond donors (Lipinski definition) is 1. The third-order valence-electron chi connectivity index (χ3n) is 3.10. The summed E-state index contributed by atoms with van der Waals surface area (Å²) in [6.45, 7) is 7.67. The molecule has 0 aliphatic carbocycles. The van der Waals surface area contributed by atoms with Crippen LogP contribution in [0.15, 0.2) is 18.2 Å². The van der Waals surface area contributed by atoms with E-state index in [1.54, 1.807) is 19.1 Å². The molecule has 1 rings (SSSR count). The van der Waals surface area contributed by atoms with Gasteiger partial charge in [0, 0.05) is 6.04 Å². The molecule has 0 heterocycles. The summed E-state index contributed by atoms with van der Waals surface area (Å²) in [6, 6.07) is 7.42. The van der Waals surface area contributed by atoms with Crippen LogP contribution in [0.4, 0.5) is 0 Å². The van der Waals surface area contributed by atoms with E-state index in [0.29, 0.717) is 11.3 Å². The molecule has 2 unspecified atom stereocenters. The fourth-order valence-electron chi connectivity index (χ4n) is 1.91. The first kappa shape index (κ1) is 16.0. The number of hydrogen-bond acceptors (Lipinski definition) is 3. The number of nitrogens with one attached hydrogen (secondary N) is 1. The molecule has 4 nitrogen and oxygen atoms in total. The SMILES string of the molecule is CCCC(C)NC(=O)C(C)Oc1cc(C#N)ccc1C. The lowest BCUT2D eigenvalue weighted by atomic mass is 10.1. The molecule has 0 radical (unpaired) electrons. The monoisotopic (exact) mass is 274 g/mol. The van der Waals surface area contributed by atoms with E-state index in [1.807, 2.05) is 19.9 Å². The Morgan fingerprint density at radius 2 is 2.15 bits per heavy atom. The van der Waals surface area contributed by atoms with Crippen LogP contribution in [-0.4, -0.2) is 18.1 Å². The van der Waals surface area contributed by atoms with E-state index in [2.05, 4.69) is 18.3 Å². The first-order valence-electron chi connectivity index (χ1n) is 6.95. The van der Waals surface area contributed by atoms with Gasteiger partial charge in [0.2, 0.25) is 0 Å². The van der Waals surface area contributed by atoms with Crippen LogP contribution >= 0.6 is 0 Å². The lowest BCUT2D eigenvalue weighted by molar-refractivity contribution is -0.127. The van der Waals surface area contributed by atoms with E-state index >= 15 is 0 Å². The van der Waals surface area contributed by atoms with Crippen LogP contribution in [0, 0.1) is 18.3 Å². The van der Waals surface area contributed by atoms with Gasteiger partial charge in [-0.2, -0.15) is 5.26 Å². The number of nitrogens with zero attached hydrogens (tertiary/aromatic N) is 1. The summed E-state index contributed by atoms with van der Waals surface area (Å²) < 4.78 is 5.67. The molecular formula is C16H22N2O2. The number of nitriles is 1. The van der Waals surface area contributed by atoms with Crippen molar-refractivity contribution in [2.75, 3.05) is 0 Å². The smallest absolute Gasteiger partial charge is 0.260 e. The summed E-state index contributed by atoms with van der Waals surface area (Å²) in [5.41, 5.74) is 1.43. The Balaban J connectivity index is 2.68. The van der Waals surface area contributed by atoms with Gasteiger partial charge in [0.1, 0.15) is 5.75 Å². The minimum Gasteiger partial charge on any atom is -0.481 e. The highest BCUT2D eigenvalue weighted by Crippen LogP contribution is 2.20. The van der Waals surface area contributed by atoms with Crippen molar-refractivity contribution in [1.82, 2.24) is 5.32 Å². The van der Waals surface area contributed by atoms with Crippen molar-refractivity contribution in [1.29, 1.82) is 5.26 Å². The number of benzene rings is 1. The molecule has 2 atom stereocenters. The number of carbonyl (C=O) groups is 1. The Bertz CT molecular complexity index is 506. The third-order valence-corrected chi connectivity index (χ3v) is 3.10. The van der Waals surface area contributed by atoms with Crippen LogP contribution in [0.3, 0.4) is 0 Å². The highest BCUT2D eigenvalue weighted by molar-refractivity contribution is 5.81. The summed E-state index contributed by atoms with van der Waals surface area (Å²) in [7, 11) is 0. The Hall–Kier alpha value is -2.02. The molecule has 1 aromatic carbocycles. The van der Waals surface area contributed by atoms with Crippen molar-refractivity contribution in [3.8, 4) is 11.8 Å². The van der Waals surface area contributed by atoms with Crippen molar-refractivity contribution in [2.45, 2.75) is 52.7 Å². The zero-order valence-corrected chi connectivity index (χ0v) is 12.6. The molecule has 0 aliphatic rings. The van der Waals surface area contributed by atoms with Gasteiger partial charge in [-0.1, -0.05) is 19.4 Å². The maximum absolute atomic E-state index is 12.0. The summed E-state index contributed by atoms with van der Waals surface area (Å²) in [4.78, 5) is 12.0. The van der Waals surface area contributed by atoms with E-state index in [0.717, 1.165) is 18.4 Å². The second-order valence-corrected chi connectivity index (χ2v) is 5.05. The summed E-state index contributed by atoms with van der Waals surface area (Å²) in [6.07, 6.45) is 1.39. The summed E-state index contributed by atoms with van der Waals surface area (Å²) in [5, 5.41) is 11.8. The Kier molecular flexibility index (Phi) is 6.05. The summed E-state index contributed by atoms with van der Waals surface area (Å²) in [5.74, 6) is 0.447. The van der Waals surface area contributed by atoms with Gasteiger partial charge in [0.05, 0.1) is 11.6 Å². The zero-order chi connectivity index (χ0) is 15.1. The fraction of sp³-hybridized carbons (Fsp3) is 0.500. The van der Waals surface area contributed by atoms with Crippen LogP contribution in [0.1, 0.15) is 44.7 Å². The number of ether oxygens (including phenoxy) is 1. The van der Waals surface area contributed by atoms with E-state index in [1.165, 1.54) is 0 Å². The van der Waals surface area contributed by atoms with Gasteiger partial charge in [-0.3, -0.25) is 4.79 Å². The Morgan fingerprint density at radius 1 is 1.45 bits per heavy atom. The van der Waals surface area contributed by atoms with Crippen LogP contribution in [0.5, 0.6) is 5.75 Å². The lowest BCUT2D eigenvalue weighted by Crippen LogP contribution is -2.41. The van der Waals surface area contributed by atoms with Gasteiger partial charge in [0.15, 0.2) is 6.10 Å². The zero-order valence-electron chi connectivity index (χ0n) is 12.6. The molecular weight excluding hydrogens is 252 g/mol. The lowest BCUT2D eigenvalue weighted by Gasteiger charge is -2.19. The molecule has 0 bridgehead atoms. The maximum atomic E-state index is 12.0. The van der Waals surface area contributed by atoms with Crippen molar-refractivity contribution < 1.29 is 9.53 Å². The molecule has 0 saturated carbocycles. The van der Waals surface area contributed by atoms with Crippen molar-refractivity contribution in [2.24, 2.45) is 0 Å². The fourth-order valence-corrected chi connectivity index (χ4v) is 1.91. The normalized spacial score (nSPS) is 13.2. The van der Waals surface area contributed by atoms with Gasteiger partial charge < -0.3 is 10.1 Å². The van der Waals surface area contributed by atoms with E-state index in [9.17, 15) is 4.79 Å². The topological polar surface area (TPSA) is 62.1 Å². The molecule has 108 valence electrons. The molecule has 0 fully saturated rings. The van der Waals surface area contributed by atoms with Gasteiger partial charge in [0.25, 0.3) is 5.91 Å². The van der Waals surface area contributed by atoms with E-state index in [4.69, 9.17) is 10.00 Å². The van der Waals surface area contributed by atoms with E-state index < -0.39 is 6.10 Å². The molecule has 0 saturated heterocycles. The highest BCUT2D eigenvalue weighted by atomic mass is 16.5. The predicted octanol–water partition coefficient (Wildman–Crippen LogP) is 2.94. The standard InChI is InChI=1S/C16H22N2O2/c1-5-6-12(3)18-16(19)13(4)20-15-9-14(10-17)8-7-11(15)2/h7-9,12-13H,5-6H2,1-4H3,(H,18,19). The highest BCUT2D eigenvalue weighted by Gasteiger charge is 2.17. The molecule has 4 heteroatoms. The van der Waals surface area contributed by atoms with Crippen molar-refractivity contribution >= 4 is 5.91 Å². The van der Waals surface area contributed by atoms with Gasteiger partial charge in [-0.25, -0.2) is 0 Å². The second kappa shape index (κ2) is 7.54. The first-order chi connectivity index (χ1) is 9.47. The van der Waals surface area contributed by atoms with Gasteiger partial charge >= 0.3 is 0 Å². The number of aryl methyl sites for hydroxylation is 1. The number of rotatable bonds is 6. The van der Waals surface area contributed by atoms with E-state index in [-0.39, 0.29) is 11.9 Å². The molecule has 1 N–H and O–H groups in total. The molecule has 1 aromatic rings. The average Bonchev–Trinajstić information content (AvgIpc) is 2.41. The Labute approximate surface area is 120 Å². The largest absolute Gasteiger partial charge is 0.481 e. The predicted molar refractivity (Wildman–Crippen MR) is 78.5 cm³/mol. The Morgan fingerprint density at radius 3 is 2.75 bits per heavy atom.